The maximum atomic E-state index is 12.3. The summed E-state index contributed by atoms with van der Waals surface area (Å²) in [4.78, 5) is 17.2. The minimum absolute atomic E-state index is 0.0135. The molecule has 4 aromatic rings. The number of carbonyl (C=O) groups is 1. The van der Waals surface area contributed by atoms with E-state index in [9.17, 15) is 4.79 Å². The Labute approximate surface area is 224 Å². The summed E-state index contributed by atoms with van der Waals surface area (Å²) in [6.07, 6.45) is 3.90. The van der Waals surface area contributed by atoms with Crippen LogP contribution in [0.4, 0.5) is 0 Å². The van der Waals surface area contributed by atoms with Gasteiger partial charge in [0.2, 0.25) is 5.91 Å². The lowest BCUT2D eigenvalue weighted by molar-refractivity contribution is -0.120. The van der Waals surface area contributed by atoms with Gasteiger partial charge in [-0.25, -0.2) is 4.98 Å². The number of nitrogens with zero attached hydrogens (tertiary/aromatic N) is 2. The Bertz CT molecular complexity index is 1300. The van der Waals surface area contributed by atoms with Crippen LogP contribution in [-0.4, -0.2) is 28.6 Å². The van der Waals surface area contributed by atoms with Gasteiger partial charge in [-0.1, -0.05) is 67.9 Å². The maximum absolute atomic E-state index is 12.3. The highest BCUT2D eigenvalue weighted by atomic mass is 35.5. The Morgan fingerprint density at radius 3 is 2.51 bits per heavy atom. The first kappa shape index (κ1) is 26.7. The molecule has 0 fully saturated rings. The average molecular weight is 518 g/mol. The SMILES string of the molecule is CC(C)c1ccc(OCCCCn2c(CCCNC(=O)Cc3ccccc3Cl)nc3ccccc32)cc1. The van der Waals surface area contributed by atoms with Gasteiger partial charge in [-0.2, -0.15) is 0 Å². The van der Waals surface area contributed by atoms with Crippen molar-refractivity contribution in [3.8, 4) is 5.75 Å². The number of hydrogen-bond acceptors (Lipinski definition) is 3. The molecule has 0 unspecified atom stereocenters. The van der Waals surface area contributed by atoms with E-state index in [1.54, 1.807) is 0 Å². The van der Waals surface area contributed by atoms with Gasteiger partial charge in [0.15, 0.2) is 0 Å². The van der Waals surface area contributed by atoms with E-state index in [1.165, 1.54) is 5.56 Å². The van der Waals surface area contributed by atoms with Gasteiger partial charge in [0, 0.05) is 24.5 Å². The van der Waals surface area contributed by atoms with Crippen LogP contribution in [0.1, 0.15) is 56.0 Å². The van der Waals surface area contributed by atoms with E-state index < -0.39 is 0 Å². The van der Waals surface area contributed by atoms with Crippen LogP contribution in [0, 0.1) is 0 Å². The van der Waals surface area contributed by atoms with E-state index in [0.717, 1.165) is 60.4 Å². The number of benzene rings is 3. The summed E-state index contributed by atoms with van der Waals surface area (Å²) < 4.78 is 8.27. The summed E-state index contributed by atoms with van der Waals surface area (Å²) in [5.41, 5.74) is 4.35. The number of aryl methyl sites for hydroxylation is 2. The van der Waals surface area contributed by atoms with E-state index in [-0.39, 0.29) is 5.91 Å². The second-order valence-electron chi connectivity index (χ2n) is 9.67. The minimum atomic E-state index is -0.0135. The van der Waals surface area contributed by atoms with Gasteiger partial charge in [-0.05, 0) is 66.6 Å². The summed E-state index contributed by atoms with van der Waals surface area (Å²) in [7, 11) is 0. The van der Waals surface area contributed by atoms with Gasteiger partial charge in [0.25, 0.3) is 0 Å². The van der Waals surface area contributed by atoms with Crippen LogP contribution in [0.3, 0.4) is 0 Å². The monoisotopic (exact) mass is 517 g/mol. The zero-order valence-electron chi connectivity index (χ0n) is 21.8. The number of hydrogen-bond donors (Lipinski definition) is 1. The highest BCUT2D eigenvalue weighted by Gasteiger charge is 2.11. The summed E-state index contributed by atoms with van der Waals surface area (Å²) in [5.74, 6) is 2.50. The third-order valence-corrected chi connectivity index (χ3v) is 6.90. The van der Waals surface area contributed by atoms with E-state index in [4.69, 9.17) is 21.3 Å². The number of para-hydroxylation sites is 2. The van der Waals surface area contributed by atoms with Crippen molar-refractivity contribution in [1.82, 2.24) is 14.9 Å². The molecule has 0 radical (unpaired) electrons. The normalized spacial score (nSPS) is 11.2. The summed E-state index contributed by atoms with van der Waals surface area (Å²) in [6.45, 7) is 6.59. The van der Waals surface area contributed by atoms with Gasteiger partial charge in [0.05, 0.1) is 24.1 Å². The first-order valence-electron chi connectivity index (χ1n) is 13.2. The standard InChI is InChI=1S/C31H36ClN3O2/c1-23(2)24-15-17-26(18-16-24)37-21-8-7-20-35-29-13-6-5-12-28(29)34-30(35)14-9-19-33-31(36)22-25-10-3-4-11-27(25)32/h3-6,10-13,15-18,23H,7-9,14,19-22H2,1-2H3,(H,33,36). The fourth-order valence-electron chi connectivity index (χ4n) is 4.43. The molecule has 1 aromatic heterocycles. The number of nitrogens with one attached hydrogen (secondary N) is 1. The van der Waals surface area contributed by atoms with Crippen LogP contribution in [0.5, 0.6) is 5.75 Å². The largest absolute Gasteiger partial charge is 0.494 e. The fourth-order valence-corrected chi connectivity index (χ4v) is 4.63. The van der Waals surface area contributed by atoms with Crippen LogP contribution < -0.4 is 10.1 Å². The number of halogens is 1. The predicted molar refractivity (Wildman–Crippen MR) is 151 cm³/mol. The molecule has 0 aliphatic carbocycles. The number of unbranched alkanes of at least 4 members (excludes halogenated alkanes) is 1. The lowest BCUT2D eigenvalue weighted by Gasteiger charge is -2.11. The molecule has 0 saturated heterocycles. The molecular formula is C31H36ClN3O2. The Morgan fingerprint density at radius 1 is 0.973 bits per heavy atom. The maximum Gasteiger partial charge on any atom is 0.224 e. The summed E-state index contributed by atoms with van der Waals surface area (Å²) >= 11 is 6.18. The molecule has 0 aliphatic heterocycles. The molecule has 37 heavy (non-hydrogen) atoms. The van der Waals surface area contributed by atoms with E-state index in [2.05, 4.69) is 66.2 Å². The molecule has 0 saturated carbocycles. The second kappa shape index (κ2) is 13.3. The number of rotatable bonds is 13. The fraction of sp³-hybridized carbons (Fsp3) is 0.355. The van der Waals surface area contributed by atoms with E-state index in [0.29, 0.717) is 30.5 Å². The highest BCUT2D eigenvalue weighted by Crippen LogP contribution is 2.20. The molecule has 5 nitrogen and oxygen atoms in total. The van der Waals surface area contributed by atoms with Gasteiger partial charge >= 0.3 is 0 Å². The Balaban J connectivity index is 1.25. The van der Waals surface area contributed by atoms with Crippen molar-refractivity contribution in [2.45, 2.75) is 58.4 Å². The number of aromatic nitrogens is 2. The molecule has 0 spiro atoms. The second-order valence-corrected chi connectivity index (χ2v) is 10.1. The highest BCUT2D eigenvalue weighted by molar-refractivity contribution is 6.31. The molecule has 0 atom stereocenters. The molecule has 1 heterocycles. The quantitative estimate of drug-likeness (QED) is 0.195. The summed E-state index contributed by atoms with van der Waals surface area (Å²) in [5, 5.41) is 3.64. The van der Waals surface area contributed by atoms with E-state index >= 15 is 0 Å². The molecule has 3 aromatic carbocycles. The van der Waals surface area contributed by atoms with Crippen LogP contribution in [0.2, 0.25) is 5.02 Å². The smallest absolute Gasteiger partial charge is 0.224 e. The molecule has 1 amide bonds. The van der Waals surface area contributed by atoms with Crippen molar-refractivity contribution in [3.05, 3.63) is 94.8 Å². The number of ether oxygens (including phenoxy) is 1. The van der Waals surface area contributed by atoms with Crippen molar-refractivity contribution < 1.29 is 9.53 Å². The Hall–Kier alpha value is -3.31. The van der Waals surface area contributed by atoms with Crippen molar-refractivity contribution in [3.63, 3.8) is 0 Å². The van der Waals surface area contributed by atoms with Crippen LogP contribution in [0.25, 0.3) is 11.0 Å². The van der Waals surface area contributed by atoms with Crippen molar-refractivity contribution in [2.75, 3.05) is 13.2 Å². The number of fused-ring (bicyclic) bond motifs is 1. The molecule has 194 valence electrons. The van der Waals surface area contributed by atoms with Crippen LogP contribution in [0.15, 0.2) is 72.8 Å². The van der Waals surface area contributed by atoms with Crippen molar-refractivity contribution >= 4 is 28.5 Å². The number of carbonyl (C=O) groups excluding carboxylic acids is 1. The Kier molecular flexibility index (Phi) is 9.61. The van der Waals surface area contributed by atoms with Crippen LogP contribution >= 0.6 is 11.6 Å². The topological polar surface area (TPSA) is 56.1 Å². The van der Waals surface area contributed by atoms with E-state index in [1.807, 2.05) is 30.3 Å². The third-order valence-electron chi connectivity index (χ3n) is 6.53. The summed E-state index contributed by atoms with van der Waals surface area (Å²) in [6, 6.07) is 24.1. The molecule has 4 rings (SSSR count). The lowest BCUT2D eigenvalue weighted by Crippen LogP contribution is -2.26. The van der Waals surface area contributed by atoms with Crippen molar-refractivity contribution in [1.29, 1.82) is 0 Å². The molecule has 1 N–H and O–H groups in total. The third kappa shape index (κ3) is 7.59. The molecule has 0 aliphatic rings. The predicted octanol–water partition coefficient (Wildman–Crippen LogP) is 6.96. The van der Waals surface area contributed by atoms with Gasteiger partial charge < -0.3 is 14.6 Å². The zero-order valence-corrected chi connectivity index (χ0v) is 22.5. The average Bonchev–Trinajstić information content (AvgIpc) is 3.25. The zero-order chi connectivity index (χ0) is 26.0. The minimum Gasteiger partial charge on any atom is -0.494 e. The van der Waals surface area contributed by atoms with Gasteiger partial charge in [-0.3, -0.25) is 4.79 Å². The first-order valence-corrected chi connectivity index (χ1v) is 13.6. The van der Waals surface area contributed by atoms with Gasteiger partial charge in [0.1, 0.15) is 11.6 Å². The van der Waals surface area contributed by atoms with Crippen molar-refractivity contribution in [2.24, 2.45) is 0 Å². The number of amides is 1. The molecular weight excluding hydrogens is 482 g/mol. The lowest BCUT2D eigenvalue weighted by atomic mass is 10.0. The molecule has 6 heteroatoms. The van der Waals surface area contributed by atoms with Gasteiger partial charge in [-0.15, -0.1) is 0 Å². The molecule has 0 bridgehead atoms. The van der Waals surface area contributed by atoms with Crippen LogP contribution in [-0.2, 0) is 24.2 Å². The Morgan fingerprint density at radius 2 is 1.73 bits per heavy atom. The first-order chi connectivity index (χ1) is 18.0. The number of imidazole rings is 1.